The molecule has 5 nitrogen and oxygen atoms in total. The van der Waals surface area contributed by atoms with Crippen LogP contribution in [0.15, 0.2) is 28.7 Å². The van der Waals surface area contributed by atoms with Gasteiger partial charge in [0, 0.05) is 11.0 Å². The van der Waals surface area contributed by atoms with E-state index in [-0.39, 0.29) is 6.54 Å². The molecule has 84 valence electrons. The lowest BCUT2D eigenvalue weighted by Gasteiger charge is -2.06. The van der Waals surface area contributed by atoms with Crippen LogP contribution in [0.2, 0.25) is 0 Å². The number of nitrogen functional groups attached to an aromatic ring is 2. The van der Waals surface area contributed by atoms with E-state index in [1.54, 1.807) is 4.68 Å². The fraction of sp³-hybridized carbons (Fsp3) is 0.100. The Morgan fingerprint density at radius 1 is 1.25 bits per heavy atom. The summed E-state index contributed by atoms with van der Waals surface area (Å²) in [6.07, 6.45) is 0. The number of benzene rings is 1. The van der Waals surface area contributed by atoms with Crippen LogP contribution < -0.4 is 17.2 Å². The second-order valence-corrected chi connectivity index (χ2v) is 4.17. The Hall–Kier alpha value is -1.53. The number of nitrogens with zero attached hydrogens (tertiary/aromatic N) is 2. The summed E-state index contributed by atoms with van der Waals surface area (Å²) in [5.74, 6) is 0.850. The van der Waals surface area contributed by atoms with Crippen molar-refractivity contribution in [2.75, 3.05) is 11.5 Å². The van der Waals surface area contributed by atoms with Gasteiger partial charge in [0.25, 0.3) is 0 Å². The number of hydrogen-bond donors (Lipinski definition) is 3. The lowest BCUT2D eigenvalue weighted by molar-refractivity contribution is 0.891. The van der Waals surface area contributed by atoms with Crippen LogP contribution in [0, 0.1) is 0 Å². The van der Waals surface area contributed by atoms with Crippen molar-refractivity contribution in [1.82, 2.24) is 9.78 Å². The predicted octanol–water partition coefficient (Wildman–Crippen LogP) is 1.26. The maximum absolute atomic E-state index is 5.94. The Morgan fingerprint density at radius 2 is 1.94 bits per heavy atom. The molecule has 0 amide bonds. The van der Waals surface area contributed by atoms with Gasteiger partial charge in [0.1, 0.15) is 5.82 Å². The number of hydrogen-bond acceptors (Lipinski definition) is 4. The number of nitrogens with two attached hydrogens (primary N) is 3. The Kier molecular flexibility index (Phi) is 2.84. The molecule has 16 heavy (non-hydrogen) atoms. The fourth-order valence-electron chi connectivity index (χ4n) is 1.50. The van der Waals surface area contributed by atoms with Gasteiger partial charge in [-0.25, -0.2) is 4.68 Å². The highest BCUT2D eigenvalue weighted by atomic mass is 79.9. The Morgan fingerprint density at radius 3 is 2.50 bits per heavy atom. The lowest BCUT2D eigenvalue weighted by atomic mass is 10.3. The smallest absolute Gasteiger partial charge is 0.152 e. The summed E-state index contributed by atoms with van der Waals surface area (Å²) in [4.78, 5) is 0. The SMILES string of the molecule is NCc1c(N)nn(-c2ccccc2Br)c1N. The number of rotatable bonds is 2. The van der Waals surface area contributed by atoms with Gasteiger partial charge in [0.2, 0.25) is 0 Å². The minimum absolute atomic E-state index is 0.280. The summed E-state index contributed by atoms with van der Waals surface area (Å²) < 4.78 is 2.48. The summed E-state index contributed by atoms with van der Waals surface area (Å²) in [5.41, 5.74) is 18.7. The molecular weight excluding hydrogens is 270 g/mol. The van der Waals surface area contributed by atoms with Crippen molar-refractivity contribution in [3.05, 3.63) is 34.3 Å². The Labute approximate surface area is 101 Å². The molecule has 0 aliphatic carbocycles. The summed E-state index contributed by atoms with van der Waals surface area (Å²) in [6.45, 7) is 0.280. The molecule has 0 saturated heterocycles. The molecule has 0 bridgehead atoms. The molecule has 6 heteroatoms. The highest BCUT2D eigenvalue weighted by Crippen LogP contribution is 2.26. The normalized spacial score (nSPS) is 10.6. The van der Waals surface area contributed by atoms with E-state index in [0.29, 0.717) is 17.2 Å². The van der Waals surface area contributed by atoms with Crippen molar-refractivity contribution in [3.63, 3.8) is 0 Å². The van der Waals surface area contributed by atoms with Crippen LogP contribution in [0.3, 0.4) is 0 Å². The summed E-state index contributed by atoms with van der Waals surface area (Å²) in [5, 5.41) is 4.17. The van der Waals surface area contributed by atoms with Crippen LogP contribution in [0.25, 0.3) is 5.69 Å². The van der Waals surface area contributed by atoms with Crippen molar-refractivity contribution < 1.29 is 0 Å². The van der Waals surface area contributed by atoms with E-state index >= 15 is 0 Å². The van der Waals surface area contributed by atoms with Gasteiger partial charge >= 0.3 is 0 Å². The van der Waals surface area contributed by atoms with Crippen LogP contribution in [-0.4, -0.2) is 9.78 Å². The molecule has 1 heterocycles. The van der Waals surface area contributed by atoms with E-state index in [9.17, 15) is 0 Å². The molecule has 1 aromatic heterocycles. The van der Waals surface area contributed by atoms with Gasteiger partial charge in [-0.15, -0.1) is 5.10 Å². The topological polar surface area (TPSA) is 95.9 Å². The van der Waals surface area contributed by atoms with E-state index in [1.165, 1.54) is 0 Å². The number of aromatic nitrogens is 2. The Bertz CT molecular complexity index is 520. The van der Waals surface area contributed by atoms with Gasteiger partial charge in [0.05, 0.1) is 11.3 Å². The molecule has 0 atom stereocenters. The van der Waals surface area contributed by atoms with Crippen molar-refractivity contribution in [1.29, 1.82) is 0 Å². The first kappa shape index (κ1) is 11.0. The average molecular weight is 282 g/mol. The summed E-state index contributed by atoms with van der Waals surface area (Å²) >= 11 is 3.43. The molecule has 0 fully saturated rings. The maximum atomic E-state index is 5.94. The number of para-hydroxylation sites is 1. The van der Waals surface area contributed by atoms with Crippen LogP contribution in [-0.2, 0) is 6.54 Å². The largest absolute Gasteiger partial charge is 0.383 e. The zero-order valence-electron chi connectivity index (χ0n) is 8.52. The van der Waals surface area contributed by atoms with Crippen molar-refractivity contribution >= 4 is 27.6 Å². The van der Waals surface area contributed by atoms with Crippen LogP contribution in [0.5, 0.6) is 0 Å². The summed E-state index contributed by atoms with van der Waals surface area (Å²) in [7, 11) is 0. The third kappa shape index (κ3) is 1.66. The monoisotopic (exact) mass is 281 g/mol. The van der Waals surface area contributed by atoms with E-state index in [4.69, 9.17) is 17.2 Å². The van der Waals surface area contributed by atoms with E-state index in [1.807, 2.05) is 24.3 Å². The fourth-order valence-corrected chi connectivity index (χ4v) is 1.95. The number of halogens is 1. The molecule has 0 saturated carbocycles. The second kappa shape index (κ2) is 4.15. The molecule has 0 radical (unpaired) electrons. The zero-order chi connectivity index (χ0) is 11.7. The molecule has 1 aromatic carbocycles. The number of anilines is 2. The van der Waals surface area contributed by atoms with Crippen molar-refractivity contribution in [2.45, 2.75) is 6.54 Å². The molecule has 0 spiro atoms. The van der Waals surface area contributed by atoms with Gasteiger partial charge in [-0.1, -0.05) is 12.1 Å². The lowest BCUT2D eigenvalue weighted by Crippen LogP contribution is -2.05. The molecular formula is C10H12BrN5. The molecule has 6 N–H and O–H groups in total. The van der Waals surface area contributed by atoms with Gasteiger partial charge in [0.15, 0.2) is 5.82 Å². The molecule has 0 unspecified atom stereocenters. The van der Waals surface area contributed by atoms with Crippen molar-refractivity contribution in [3.8, 4) is 5.69 Å². The average Bonchev–Trinajstić information content (AvgIpc) is 2.55. The highest BCUT2D eigenvalue weighted by molar-refractivity contribution is 9.10. The minimum Gasteiger partial charge on any atom is -0.383 e. The van der Waals surface area contributed by atoms with Gasteiger partial charge in [-0.3, -0.25) is 0 Å². The third-order valence-corrected chi connectivity index (χ3v) is 3.01. The standard InChI is InChI=1S/C10H12BrN5/c11-7-3-1-2-4-8(7)16-10(14)6(5-12)9(13)15-16/h1-4H,5,12,14H2,(H2,13,15). The zero-order valence-corrected chi connectivity index (χ0v) is 10.1. The van der Waals surface area contributed by atoms with Gasteiger partial charge in [-0.05, 0) is 28.1 Å². The van der Waals surface area contributed by atoms with E-state index in [0.717, 1.165) is 10.2 Å². The minimum atomic E-state index is 0.280. The highest BCUT2D eigenvalue weighted by Gasteiger charge is 2.14. The molecule has 2 aromatic rings. The van der Waals surface area contributed by atoms with Gasteiger partial charge < -0.3 is 17.2 Å². The first-order valence-electron chi connectivity index (χ1n) is 4.73. The quantitative estimate of drug-likeness (QED) is 0.772. The second-order valence-electron chi connectivity index (χ2n) is 3.32. The third-order valence-electron chi connectivity index (χ3n) is 2.34. The molecule has 2 rings (SSSR count). The maximum Gasteiger partial charge on any atom is 0.152 e. The van der Waals surface area contributed by atoms with Crippen LogP contribution in [0.4, 0.5) is 11.6 Å². The first-order chi connectivity index (χ1) is 7.65. The first-order valence-corrected chi connectivity index (χ1v) is 5.52. The van der Waals surface area contributed by atoms with Gasteiger partial charge in [-0.2, -0.15) is 0 Å². The van der Waals surface area contributed by atoms with Crippen LogP contribution >= 0.6 is 15.9 Å². The molecule has 0 aliphatic rings. The van der Waals surface area contributed by atoms with Crippen LogP contribution in [0.1, 0.15) is 5.56 Å². The predicted molar refractivity (Wildman–Crippen MR) is 68.0 cm³/mol. The summed E-state index contributed by atoms with van der Waals surface area (Å²) in [6, 6.07) is 7.63. The van der Waals surface area contributed by atoms with E-state index in [2.05, 4.69) is 21.0 Å². The van der Waals surface area contributed by atoms with Crippen molar-refractivity contribution in [2.24, 2.45) is 5.73 Å². The Balaban J connectivity index is 2.62. The van der Waals surface area contributed by atoms with E-state index < -0.39 is 0 Å². The molecule has 0 aliphatic heterocycles.